The Bertz CT molecular complexity index is 571. The van der Waals surface area contributed by atoms with Crippen LogP contribution in [0.25, 0.3) is 10.9 Å². The average molecular weight is 269 g/mol. The molecule has 1 atom stereocenters. The summed E-state index contributed by atoms with van der Waals surface area (Å²) in [6.45, 7) is 4.51. The van der Waals surface area contributed by atoms with Gasteiger partial charge in [-0.15, -0.1) is 0 Å². The van der Waals surface area contributed by atoms with Crippen LogP contribution in [0, 0.1) is 5.92 Å². The summed E-state index contributed by atoms with van der Waals surface area (Å²) >= 11 is 0. The Morgan fingerprint density at radius 2 is 2.25 bits per heavy atom. The Balaban J connectivity index is 1.92. The van der Waals surface area contributed by atoms with Crippen LogP contribution in [0.4, 0.5) is 0 Å². The van der Waals surface area contributed by atoms with E-state index in [-0.39, 0.29) is 0 Å². The summed E-state index contributed by atoms with van der Waals surface area (Å²) in [7, 11) is 0. The zero-order valence-corrected chi connectivity index (χ0v) is 12.2. The minimum Gasteiger partial charge on any atom is -0.317 e. The molecule has 0 spiro atoms. The van der Waals surface area contributed by atoms with Gasteiger partial charge in [-0.25, -0.2) is 0 Å². The van der Waals surface area contributed by atoms with E-state index >= 15 is 0 Å². The zero-order chi connectivity index (χ0) is 13.8. The Labute approximate surface area is 120 Å². The van der Waals surface area contributed by atoms with Gasteiger partial charge in [0.2, 0.25) is 0 Å². The first-order valence-electron chi connectivity index (χ1n) is 7.80. The monoisotopic (exact) mass is 269 g/mol. The van der Waals surface area contributed by atoms with Crippen LogP contribution in [0.2, 0.25) is 0 Å². The number of hydrogen-bond acceptors (Lipinski definition) is 3. The summed E-state index contributed by atoms with van der Waals surface area (Å²) in [5.74, 6) is 0.792. The molecule has 0 amide bonds. The molecule has 1 aliphatic rings. The van der Waals surface area contributed by atoms with Crippen molar-refractivity contribution in [3.05, 3.63) is 35.8 Å². The Kier molecular flexibility index (Phi) is 4.26. The van der Waals surface area contributed by atoms with E-state index in [1.165, 1.54) is 48.9 Å². The second-order valence-electron chi connectivity index (χ2n) is 5.77. The molecular weight excluding hydrogens is 246 g/mol. The standard InChI is InChI=1S/C17H23N3/c1-2-15-11-14(10-13-4-3-7-18-8-5-13)16-12-19-9-6-17(16)20-15/h6,9,11-13,18H,2-5,7-8,10H2,1H3/t13-/m0/s1. The number of rotatable bonds is 3. The molecule has 1 fully saturated rings. The van der Waals surface area contributed by atoms with Crippen molar-refractivity contribution in [3.63, 3.8) is 0 Å². The van der Waals surface area contributed by atoms with Gasteiger partial charge < -0.3 is 5.32 Å². The Morgan fingerprint density at radius 1 is 1.30 bits per heavy atom. The molecule has 3 heterocycles. The lowest BCUT2D eigenvalue weighted by molar-refractivity contribution is 0.471. The molecule has 0 bridgehead atoms. The maximum absolute atomic E-state index is 4.71. The van der Waals surface area contributed by atoms with E-state index in [1.54, 1.807) is 0 Å². The van der Waals surface area contributed by atoms with Crippen LogP contribution in [0.5, 0.6) is 0 Å². The van der Waals surface area contributed by atoms with E-state index in [0.29, 0.717) is 0 Å². The van der Waals surface area contributed by atoms with E-state index in [4.69, 9.17) is 4.98 Å². The van der Waals surface area contributed by atoms with Gasteiger partial charge in [0.15, 0.2) is 0 Å². The molecule has 1 N–H and O–H groups in total. The maximum atomic E-state index is 4.71. The first-order chi connectivity index (χ1) is 9.86. The highest BCUT2D eigenvalue weighted by Gasteiger charge is 2.15. The molecule has 3 heteroatoms. The van der Waals surface area contributed by atoms with Crippen molar-refractivity contribution in [2.45, 2.75) is 39.0 Å². The lowest BCUT2D eigenvalue weighted by Gasteiger charge is -2.16. The average Bonchev–Trinajstić information content (AvgIpc) is 2.75. The molecule has 0 aliphatic carbocycles. The Hall–Kier alpha value is -1.48. The number of pyridine rings is 2. The van der Waals surface area contributed by atoms with Crippen molar-refractivity contribution in [2.24, 2.45) is 5.92 Å². The van der Waals surface area contributed by atoms with Crippen molar-refractivity contribution in [1.82, 2.24) is 15.3 Å². The summed E-state index contributed by atoms with van der Waals surface area (Å²) in [5.41, 5.74) is 3.73. The topological polar surface area (TPSA) is 37.8 Å². The molecule has 1 saturated heterocycles. The van der Waals surface area contributed by atoms with E-state index < -0.39 is 0 Å². The van der Waals surface area contributed by atoms with Gasteiger partial charge in [-0.1, -0.05) is 6.92 Å². The number of hydrogen-bond donors (Lipinski definition) is 1. The molecule has 2 aromatic heterocycles. The van der Waals surface area contributed by atoms with Gasteiger partial charge >= 0.3 is 0 Å². The fourth-order valence-corrected chi connectivity index (χ4v) is 3.15. The summed E-state index contributed by atoms with van der Waals surface area (Å²) in [5, 5.41) is 4.74. The Morgan fingerprint density at radius 3 is 3.15 bits per heavy atom. The summed E-state index contributed by atoms with van der Waals surface area (Å²) in [4.78, 5) is 9.00. The van der Waals surface area contributed by atoms with Gasteiger partial charge in [-0.3, -0.25) is 9.97 Å². The van der Waals surface area contributed by atoms with Gasteiger partial charge in [-0.2, -0.15) is 0 Å². The summed E-state index contributed by atoms with van der Waals surface area (Å²) < 4.78 is 0. The van der Waals surface area contributed by atoms with Crippen molar-refractivity contribution in [1.29, 1.82) is 0 Å². The lowest BCUT2D eigenvalue weighted by Crippen LogP contribution is -2.14. The van der Waals surface area contributed by atoms with Crippen LogP contribution in [0.3, 0.4) is 0 Å². The summed E-state index contributed by atoms with van der Waals surface area (Å²) in [6, 6.07) is 4.33. The van der Waals surface area contributed by atoms with E-state index in [1.807, 2.05) is 18.5 Å². The number of aromatic nitrogens is 2. The van der Waals surface area contributed by atoms with Gasteiger partial charge in [0.05, 0.1) is 5.52 Å². The molecule has 0 aromatic carbocycles. The van der Waals surface area contributed by atoms with Crippen molar-refractivity contribution in [2.75, 3.05) is 13.1 Å². The molecule has 106 valence electrons. The van der Waals surface area contributed by atoms with Gasteiger partial charge in [-0.05, 0) is 68.8 Å². The lowest BCUT2D eigenvalue weighted by atomic mass is 9.91. The van der Waals surface area contributed by atoms with E-state index in [0.717, 1.165) is 24.4 Å². The number of nitrogens with zero attached hydrogens (tertiary/aromatic N) is 2. The van der Waals surface area contributed by atoms with Crippen LogP contribution in [-0.2, 0) is 12.8 Å². The minimum atomic E-state index is 0.792. The second-order valence-corrected chi connectivity index (χ2v) is 5.77. The molecule has 1 aliphatic heterocycles. The molecule has 0 saturated carbocycles. The highest BCUT2D eigenvalue weighted by molar-refractivity contribution is 5.81. The molecular formula is C17H23N3. The predicted molar refractivity (Wildman–Crippen MR) is 82.8 cm³/mol. The number of fused-ring (bicyclic) bond motifs is 1. The van der Waals surface area contributed by atoms with Crippen LogP contribution in [0.1, 0.15) is 37.4 Å². The van der Waals surface area contributed by atoms with Gasteiger partial charge in [0.1, 0.15) is 0 Å². The van der Waals surface area contributed by atoms with Gasteiger partial charge in [0, 0.05) is 23.5 Å². The third-order valence-corrected chi connectivity index (χ3v) is 4.32. The maximum Gasteiger partial charge on any atom is 0.0738 e. The molecule has 3 nitrogen and oxygen atoms in total. The molecule has 20 heavy (non-hydrogen) atoms. The number of nitrogens with one attached hydrogen (secondary N) is 1. The fourth-order valence-electron chi connectivity index (χ4n) is 3.15. The first-order valence-corrected chi connectivity index (χ1v) is 7.80. The van der Waals surface area contributed by atoms with Crippen molar-refractivity contribution in [3.8, 4) is 0 Å². The van der Waals surface area contributed by atoms with Crippen LogP contribution in [-0.4, -0.2) is 23.1 Å². The predicted octanol–water partition coefficient (Wildman–Crippen LogP) is 3.12. The number of aryl methyl sites for hydroxylation is 1. The second kappa shape index (κ2) is 6.31. The molecule has 2 aromatic rings. The van der Waals surface area contributed by atoms with Crippen LogP contribution < -0.4 is 5.32 Å². The van der Waals surface area contributed by atoms with Crippen molar-refractivity contribution < 1.29 is 0 Å². The normalized spacial score (nSPS) is 19.9. The zero-order valence-electron chi connectivity index (χ0n) is 12.2. The minimum absolute atomic E-state index is 0.792. The largest absolute Gasteiger partial charge is 0.317 e. The molecule has 0 unspecified atom stereocenters. The quantitative estimate of drug-likeness (QED) is 0.930. The highest BCUT2D eigenvalue weighted by Crippen LogP contribution is 2.25. The van der Waals surface area contributed by atoms with E-state index in [2.05, 4.69) is 23.3 Å². The third kappa shape index (κ3) is 2.98. The summed E-state index contributed by atoms with van der Waals surface area (Å²) in [6.07, 6.45) is 9.90. The fraction of sp³-hybridized carbons (Fsp3) is 0.529. The SMILES string of the molecule is CCc1cc(C[C@H]2CCCNCC2)c2cnccc2n1. The first kappa shape index (κ1) is 13.5. The van der Waals surface area contributed by atoms with E-state index in [9.17, 15) is 0 Å². The molecule has 3 rings (SSSR count). The smallest absolute Gasteiger partial charge is 0.0738 e. The van der Waals surface area contributed by atoms with Crippen LogP contribution in [0.15, 0.2) is 24.5 Å². The molecule has 0 radical (unpaired) electrons. The van der Waals surface area contributed by atoms with Crippen molar-refractivity contribution >= 4 is 10.9 Å². The highest BCUT2D eigenvalue weighted by atomic mass is 14.8. The third-order valence-electron chi connectivity index (χ3n) is 4.32. The van der Waals surface area contributed by atoms with Gasteiger partial charge in [0.25, 0.3) is 0 Å². The van der Waals surface area contributed by atoms with Crippen LogP contribution >= 0.6 is 0 Å².